The van der Waals surface area contributed by atoms with Gasteiger partial charge in [-0.2, -0.15) is 0 Å². The maximum absolute atomic E-state index is 9.40. The number of benzene rings is 1. The lowest BCUT2D eigenvalue weighted by atomic mass is 10.3. The second-order valence-electron chi connectivity index (χ2n) is 2.50. The molecular formula is C9H6ClNO2S. The van der Waals surface area contributed by atoms with Gasteiger partial charge in [0.15, 0.2) is 11.5 Å². The van der Waals surface area contributed by atoms with Gasteiger partial charge in [-0.15, -0.1) is 0 Å². The smallest absolute Gasteiger partial charge is 0.280 e. The number of phenolic OH excluding ortho intramolecular Hbond substituents is 1. The third-order valence-corrected chi connectivity index (χ3v) is 2.51. The van der Waals surface area contributed by atoms with Gasteiger partial charge in [-0.3, -0.25) is 0 Å². The summed E-state index contributed by atoms with van der Waals surface area (Å²) in [4.78, 5) is 3.91. The molecule has 0 atom stereocenters. The zero-order valence-corrected chi connectivity index (χ0v) is 8.55. The molecule has 5 heteroatoms. The van der Waals surface area contributed by atoms with Gasteiger partial charge in [0.2, 0.25) is 0 Å². The fourth-order valence-corrected chi connectivity index (χ4v) is 1.68. The molecule has 14 heavy (non-hydrogen) atoms. The molecule has 1 N–H and O–H groups in total. The summed E-state index contributed by atoms with van der Waals surface area (Å²) < 4.78 is 5.85. The van der Waals surface area contributed by atoms with Crippen LogP contribution in [0, 0.1) is 0 Å². The van der Waals surface area contributed by atoms with E-state index in [2.05, 4.69) is 4.98 Å². The van der Waals surface area contributed by atoms with Gasteiger partial charge in [0, 0.05) is 0 Å². The molecule has 0 amide bonds. The molecule has 0 unspecified atom stereocenters. The average molecular weight is 228 g/mol. The number of aromatic hydroxyl groups is 1. The first-order chi connectivity index (χ1) is 6.75. The van der Waals surface area contributed by atoms with Crippen molar-refractivity contribution in [2.75, 3.05) is 0 Å². The number of phenols is 1. The Kier molecular flexibility index (Phi) is 2.56. The third kappa shape index (κ3) is 1.97. The molecule has 0 aliphatic carbocycles. The number of rotatable bonds is 2. The topological polar surface area (TPSA) is 42.4 Å². The normalized spacial score (nSPS) is 10.1. The molecule has 0 saturated carbocycles. The highest BCUT2D eigenvalue weighted by molar-refractivity contribution is 7.17. The van der Waals surface area contributed by atoms with Gasteiger partial charge in [0.1, 0.15) is 4.34 Å². The van der Waals surface area contributed by atoms with Crippen molar-refractivity contribution in [3.8, 4) is 16.7 Å². The van der Waals surface area contributed by atoms with Crippen LogP contribution in [0.3, 0.4) is 0 Å². The van der Waals surface area contributed by atoms with Gasteiger partial charge in [0.05, 0.1) is 6.20 Å². The Morgan fingerprint density at radius 2 is 2.14 bits per heavy atom. The number of nitrogens with zero attached hydrogens (tertiary/aromatic N) is 1. The molecule has 2 rings (SSSR count). The largest absolute Gasteiger partial charge is 0.504 e. The molecular weight excluding hydrogens is 222 g/mol. The van der Waals surface area contributed by atoms with Crippen LogP contribution in [-0.4, -0.2) is 10.1 Å². The van der Waals surface area contributed by atoms with Crippen LogP contribution >= 0.6 is 22.9 Å². The molecule has 1 aromatic carbocycles. The monoisotopic (exact) mass is 227 g/mol. The maximum Gasteiger partial charge on any atom is 0.280 e. The number of aromatic nitrogens is 1. The molecule has 1 heterocycles. The second-order valence-corrected chi connectivity index (χ2v) is 4.12. The summed E-state index contributed by atoms with van der Waals surface area (Å²) in [7, 11) is 0. The number of thiazole rings is 1. The minimum absolute atomic E-state index is 0.0822. The first kappa shape index (κ1) is 9.30. The van der Waals surface area contributed by atoms with E-state index in [-0.39, 0.29) is 5.75 Å². The standard InChI is InChI=1S/C9H6ClNO2S/c10-8-5-11-9(14-8)13-7-4-2-1-3-6(7)12/h1-5,12H. The first-order valence-electron chi connectivity index (χ1n) is 3.83. The van der Waals surface area contributed by atoms with Crippen LogP contribution in [0.1, 0.15) is 0 Å². The Hall–Kier alpha value is -1.26. The summed E-state index contributed by atoms with van der Waals surface area (Å²) in [5, 5.41) is 9.81. The number of halogens is 1. The highest BCUT2D eigenvalue weighted by atomic mass is 35.5. The molecule has 72 valence electrons. The van der Waals surface area contributed by atoms with Gasteiger partial charge >= 0.3 is 0 Å². The average Bonchev–Trinajstić information content (AvgIpc) is 2.56. The van der Waals surface area contributed by atoms with Crippen molar-refractivity contribution in [1.82, 2.24) is 4.98 Å². The van der Waals surface area contributed by atoms with Gasteiger partial charge < -0.3 is 9.84 Å². The van der Waals surface area contributed by atoms with E-state index in [1.807, 2.05) is 0 Å². The van der Waals surface area contributed by atoms with Crippen LogP contribution in [-0.2, 0) is 0 Å². The summed E-state index contributed by atoms with van der Waals surface area (Å²) in [6, 6.07) is 6.69. The van der Waals surface area contributed by atoms with Crippen LogP contribution in [0.4, 0.5) is 0 Å². The molecule has 0 spiro atoms. The Bertz CT molecular complexity index is 444. The summed E-state index contributed by atoms with van der Waals surface area (Å²) in [6.07, 6.45) is 1.50. The van der Waals surface area contributed by atoms with Crippen molar-refractivity contribution in [2.24, 2.45) is 0 Å². The Labute approximate surface area is 89.6 Å². The van der Waals surface area contributed by atoms with Crippen LogP contribution in [0.2, 0.25) is 4.34 Å². The van der Waals surface area contributed by atoms with Crippen LogP contribution in [0.15, 0.2) is 30.5 Å². The molecule has 0 saturated heterocycles. The zero-order chi connectivity index (χ0) is 9.97. The molecule has 3 nitrogen and oxygen atoms in total. The zero-order valence-electron chi connectivity index (χ0n) is 6.98. The van der Waals surface area contributed by atoms with Gasteiger partial charge in [-0.05, 0) is 12.1 Å². The number of hydrogen-bond donors (Lipinski definition) is 1. The van der Waals surface area contributed by atoms with E-state index in [1.165, 1.54) is 17.5 Å². The van der Waals surface area contributed by atoms with E-state index in [4.69, 9.17) is 16.3 Å². The van der Waals surface area contributed by atoms with Crippen LogP contribution in [0.5, 0.6) is 16.7 Å². The van der Waals surface area contributed by atoms with Crippen molar-refractivity contribution < 1.29 is 9.84 Å². The van der Waals surface area contributed by atoms with Crippen molar-refractivity contribution in [3.05, 3.63) is 34.8 Å². The minimum atomic E-state index is 0.0822. The molecule has 0 fully saturated rings. The molecule has 0 radical (unpaired) electrons. The summed E-state index contributed by atoms with van der Waals surface area (Å²) in [6.45, 7) is 0. The molecule has 0 bridgehead atoms. The quantitative estimate of drug-likeness (QED) is 0.856. The van der Waals surface area contributed by atoms with E-state index in [9.17, 15) is 5.11 Å². The molecule has 2 aromatic rings. The summed E-state index contributed by atoms with van der Waals surface area (Å²) in [5.74, 6) is 0.456. The van der Waals surface area contributed by atoms with E-state index >= 15 is 0 Å². The SMILES string of the molecule is Oc1ccccc1Oc1ncc(Cl)s1. The Balaban J connectivity index is 2.23. The Morgan fingerprint density at radius 3 is 2.79 bits per heavy atom. The van der Waals surface area contributed by atoms with Gasteiger partial charge in [-0.1, -0.05) is 35.1 Å². The van der Waals surface area contributed by atoms with E-state index in [1.54, 1.807) is 24.3 Å². The van der Waals surface area contributed by atoms with Crippen molar-refractivity contribution >= 4 is 22.9 Å². The molecule has 1 aromatic heterocycles. The maximum atomic E-state index is 9.40. The Morgan fingerprint density at radius 1 is 1.36 bits per heavy atom. The lowest BCUT2D eigenvalue weighted by Gasteiger charge is -2.02. The fourth-order valence-electron chi connectivity index (χ4n) is 0.924. The summed E-state index contributed by atoms with van der Waals surface area (Å²) in [5.41, 5.74) is 0. The van der Waals surface area contributed by atoms with Crippen LogP contribution < -0.4 is 4.74 Å². The number of hydrogen-bond acceptors (Lipinski definition) is 4. The van der Waals surface area contributed by atoms with Crippen molar-refractivity contribution in [2.45, 2.75) is 0 Å². The predicted octanol–water partition coefficient (Wildman–Crippen LogP) is 3.29. The lowest BCUT2D eigenvalue weighted by molar-refractivity contribution is 0.410. The first-order valence-corrected chi connectivity index (χ1v) is 5.02. The summed E-state index contributed by atoms with van der Waals surface area (Å²) >= 11 is 6.89. The highest BCUT2D eigenvalue weighted by Gasteiger charge is 2.05. The lowest BCUT2D eigenvalue weighted by Crippen LogP contribution is -1.82. The van der Waals surface area contributed by atoms with Gasteiger partial charge in [0.25, 0.3) is 5.19 Å². The number of ether oxygens (including phenoxy) is 1. The van der Waals surface area contributed by atoms with Crippen molar-refractivity contribution in [3.63, 3.8) is 0 Å². The second kappa shape index (κ2) is 3.86. The fraction of sp³-hybridized carbons (Fsp3) is 0. The van der Waals surface area contributed by atoms with Gasteiger partial charge in [-0.25, -0.2) is 4.98 Å². The highest BCUT2D eigenvalue weighted by Crippen LogP contribution is 2.33. The molecule has 0 aliphatic heterocycles. The third-order valence-electron chi connectivity index (χ3n) is 1.52. The molecule has 0 aliphatic rings. The van der Waals surface area contributed by atoms with E-state index in [0.717, 1.165) is 0 Å². The number of para-hydroxylation sites is 2. The minimum Gasteiger partial charge on any atom is -0.504 e. The van der Waals surface area contributed by atoms with E-state index in [0.29, 0.717) is 15.3 Å². The van der Waals surface area contributed by atoms with Crippen LogP contribution in [0.25, 0.3) is 0 Å². The van der Waals surface area contributed by atoms with E-state index < -0.39 is 0 Å². The predicted molar refractivity (Wildman–Crippen MR) is 55.3 cm³/mol. The van der Waals surface area contributed by atoms with Crippen molar-refractivity contribution in [1.29, 1.82) is 0 Å².